The van der Waals surface area contributed by atoms with E-state index in [2.05, 4.69) is 38.1 Å². The molecule has 2 nitrogen and oxygen atoms in total. The summed E-state index contributed by atoms with van der Waals surface area (Å²) in [7, 11) is 0. The molecule has 0 radical (unpaired) electrons. The number of aliphatic hydroxyl groups excluding tert-OH is 1. The minimum absolute atomic E-state index is 0.384. The lowest BCUT2D eigenvalue weighted by atomic mass is 9.83. The summed E-state index contributed by atoms with van der Waals surface area (Å²) < 4.78 is 6.09. The Morgan fingerprint density at radius 3 is 2.00 bits per heavy atom. The van der Waals surface area contributed by atoms with Crippen LogP contribution in [0.1, 0.15) is 82.4 Å². The van der Waals surface area contributed by atoms with Crippen molar-refractivity contribution in [2.75, 3.05) is 6.61 Å². The molecular weight excluding hydrogens is 260 g/mol. The van der Waals surface area contributed by atoms with E-state index in [0.717, 1.165) is 31.2 Å². The SMILES string of the molecule is CCOC1(C(O)c2ccc(C(C)C)cc2)CCCCCC1. The van der Waals surface area contributed by atoms with E-state index in [1.165, 1.54) is 18.4 Å². The van der Waals surface area contributed by atoms with Crippen LogP contribution in [0.25, 0.3) is 0 Å². The Morgan fingerprint density at radius 2 is 1.52 bits per heavy atom. The summed E-state index contributed by atoms with van der Waals surface area (Å²) in [5.41, 5.74) is 1.93. The molecule has 0 aliphatic heterocycles. The average molecular weight is 290 g/mol. The molecule has 0 bridgehead atoms. The molecule has 1 aliphatic rings. The van der Waals surface area contributed by atoms with E-state index < -0.39 is 6.10 Å². The first-order valence-electron chi connectivity index (χ1n) is 8.51. The van der Waals surface area contributed by atoms with Crippen molar-refractivity contribution in [3.8, 4) is 0 Å². The number of hydrogen-bond acceptors (Lipinski definition) is 2. The molecule has 2 heteroatoms. The van der Waals surface area contributed by atoms with Crippen LogP contribution in [0.3, 0.4) is 0 Å². The molecule has 0 spiro atoms. The van der Waals surface area contributed by atoms with E-state index in [9.17, 15) is 5.11 Å². The molecule has 1 aromatic rings. The van der Waals surface area contributed by atoms with Gasteiger partial charge in [0.1, 0.15) is 6.10 Å². The molecule has 1 atom stereocenters. The Labute approximate surface area is 129 Å². The summed E-state index contributed by atoms with van der Waals surface area (Å²) in [5, 5.41) is 11.0. The highest BCUT2D eigenvalue weighted by Gasteiger charge is 2.39. The third kappa shape index (κ3) is 3.87. The molecule has 1 N–H and O–H groups in total. The van der Waals surface area contributed by atoms with Crippen molar-refractivity contribution in [2.45, 2.75) is 76.9 Å². The maximum atomic E-state index is 11.0. The molecule has 0 aromatic heterocycles. The Kier molecular flexibility index (Phi) is 5.83. The van der Waals surface area contributed by atoms with E-state index in [1.807, 2.05) is 6.92 Å². The van der Waals surface area contributed by atoms with Gasteiger partial charge < -0.3 is 9.84 Å². The van der Waals surface area contributed by atoms with E-state index in [0.29, 0.717) is 12.5 Å². The first kappa shape index (κ1) is 16.5. The highest BCUT2D eigenvalue weighted by molar-refractivity contribution is 5.27. The molecule has 0 amide bonds. The van der Waals surface area contributed by atoms with Gasteiger partial charge in [0.15, 0.2) is 0 Å². The number of rotatable bonds is 5. The summed E-state index contributed by atoms with van der Waals surface area (Å²) in [6.07, 6.45) is 6.24. The summed E-state index contributed by atoms with van der Waals surface area (Å²) in [5.74, 6) is 0.523. The number of aliphatic hydroxyl groups is 1. The first-order chi connectivity index (χ1) is 10.1. The second kappa shape index (κ2) is 7.42. The predicted octanol–water partition coefficient (Wildman–Crippen LogP) is 4.97. The van der Waals surface area contributed by atoms with Gasteiger partial charge in [-0.1, -0.05) is 63.8 Å². The lowest BCUT2D eigenvalue weighted by Gasteiger charge is -2.37. The molecule has 2 rings (SSSR count). The van der Waals surface area contributed by atoms with Crippen LogP contribution in [0.2, 0.25) is 0 Å². The van der Waals surface area contributed by atoms with Gasteiger partial charge in [-0.15, -0.1) is 0 Å². The molecule has 1 aliphatic carbocycles. The molecule has 1 unspecified atom stereocenters. The fourth-order valence-electron chi connectivity index (χ4n) is 3.48. The van der Waals surface area contributed by atoms with E-state index in [-0.39, 0.29) is 5.60 Å². The van der Waals surface area contributed by atoms with E-state index in [1.54, 1.807) is 0 Å². The minimum Gasteiger partial charge on any atom is -0.385 e. The Balaban J connectivity index is 2.22. The van der Waals surface area contributed by atoms with Crippen LogP contribution in [-0.4, -0.2) is 17.3 Å². The Morgan fingerprint density at radius 1 is 1.00 bits per heavy atom. The van der Waals surface area contributed by atoms with Crippen molar-refractivity contribution in [3.05, 3.63) is 35.4 Å². The fraction of sp³-hybridized carbons (Fsp3) is 0.684. The van der Waals surface area contributed by atoms with Crippen LogP contribution in [0.5, 0.6) is 0 Å². The minimum atomic E-state index is -0.517. The molecule has 0 saturated heterocycles. The zero-order chi connectivity index (χ0) is 15.3. The van der Waals surface area contributed by atoms with Gasteiger partial charge in [0.25, 0.3) is 0 Å². The van der Waals surface area contributed by atoms with E-state index in [4.69, 9.17) is 4.74 Å². The third-order valence-corrected chi connectivity index (χ3v) is 4.80. The van der Waals surface area contributed by atoms with Crippen LogP contribution in [0, 0.1) is 0 Å². The molecular formula is C19H30O2. The quantitative estimate of drug-likeness (QED) is 0.776. The monoisotopic (exact) mass is 290 g/mol. The van der Waals surface area contributed by atoms with Gasteiger partial charge in [-0.25, -0.2) is 0 Å². The van der Waals surface area contributed by atoms with Crippen LogP contribution in [0.15, 0.2) is 24.3 Å². The Bertz CT molecular complexity index is 414. The second-order valence-electron chi connectivity index (χ2n) is 6.64. The number of ether oxygens (including phenoxy) is 1. The average Bonchev–Trinajstić information content (AvgIpc) is 2.73. The summed E-state index contributed by atoms with van der Waals surface area (Å²) in [6, 6.07) is 8.43. The smallest absolute Gasteiger partial charge is 0.108 e. The van der Waals surface area contributed by atoms with E-state index >= 15 is 0 Å². The van der Waals surface area contributed by atoms with Crippen LogP contribution in [-0.2, 0) is 4.74 Å². The topological polar surface area (TPSA) is 29.5 Å². The standard InChI is InChI=1S/C19H30O2/c1-4-21-19(13-7-5-6-8-14-19)18(20)17-11-9-16(10-12-17)15(2)3/h9-12,15,18,20H,4-8,13-14H2,1-3H3. The normalized spacial score (nSPS) is 20.2. The lowest BCUT2D eigenvalue weighted by Crippen LogP contribution is -2.39. The fourth-order valence-corrected chi connectivity index (χ4v) is 3.48. The van der Waals surface area contributed by atoms with Gasteiger partial charge in [0.2, 0.25) is 0 Å². The highest BCUT2D eigenvalue weighted by atomic mass is 16.5. The van der Waals surface area contributed by atoms with Crippen molar-refractivity contribution in [1.82, 2.24) is 0 Å². The van der Waals surface area contributed by atoms with Crippen molar-refractivity contribution >= 4 is 0 Å². The molecule has 1 fully saturated rings. The third-order valence-electron chi connectivity index (χ3n) is 4.80. The summed E-state index contributed by atoms with van der Waals surface area (Å²) in [6.45, 7) is 7.08. The van der Waals surface area contributed by atoms with Crippen molar-refractivity contribution in [1.29, 1.82) is 0 Å². The van der Waals surface area contributed by atoms with Gasteiger partial charge in [-0.05, 0) is 36.8 Å². The zero-order valence-electron chi connectivity index (χ0n) is 13.8. The predicted molar refractivity (Wildman–Crippen MR) is 87.5 cm³/mol. The number of hydrogen-bond donors (Lipinski definition) is 1. The van der Waals surface area contributed by atoms with Crippen molar-refractivity contribution < 1.29 is 9.84 Å². The molecule has 0 heterocycles. The molecule has 118 valence electrons. The molecule has 21 heavy (non-hydrogen) atoms. The van der Waals surface area contributed by atoms with Crippen LogP contribution in [0.4, 0.5) is 0 Å². The highest BCUT2D eigenvalue weighted by Crippen LogP contribution is 2.40. The molecule has 1 saturated carbocycles. The summed E-state index contributed by atoms with van der Waals surface area (Å²) in [4.78, 5) is 0. The second-order valence-corrected chi connectivity index (χ2v) is 6.64. The van der Waals surface area contributed by atoms with Crippen molar-refractivity contribution in [3.63, 3.8) is 0 Å². The Hall–Kier alpha value is -0.860. The number of benzene rings is 1. The zero-order valence-corrected chi connectivity index (χ0v) is 13.8. The van der Waals surface area contributed by atoms with Crippen molar-refractivity contribution in [2.24, 2.45) is 0 Å². The van der Waals surface area contributed by atoms with Gasteiger partial charge in [0.05, 0.1) is 5.60 Å². The van der Waals surface area contributed by atoms with Gasteiger partial charge >= 0.3 is 0 Å². The van der Waals surface area contributed by atoms with Crippen LogP contribution < -0.4 is 0 Å². The van der Waals surface area contributed by atoms with Gasteiger partial charge in [0, 0.05) is 6.61 Å². The summed E-state index contributed by atoms with van der Waals surface area (Å²) >= 11 is 0. The maximum absolute atomic E-state index is 11.0. The maximum Gasteiger partial charge on any atom is 0.108 e. The lowest BCUT2D eigenvalue weighted by molar-refractivity contribution is -0.131. The largest absolute Gasteiger partial charge is 0.385 e. The van der Waals surface area contributed by atoms with Gasteiger partial charge in [-0.3, -0.25) is 0 Å². The van der Waals surface area contributed by atoms with Crippen LogP contribution >= 0.6 is 0 Å². The first-order valence-corrected chi connectivity index (χ1v) is 8.51. The molecule has 1 aromatic carbocycles. The van der Waals surface area contributed by atoms with Gasteiger partial charge in [-0.2, -0.15) is 0 Å².